The van der Waals surface area contributed by atoms with Crippen LogP contribution in [-0.4, -0.2) is 25.7 Å². The number of aryl methyl sites for hydroxylation is 1. The van der Waals surface area contributed by atoms with E-state index >= 15 is 0 Å². The molecule has 0 atom stereocenters. The Morgan fingerprint density at radius 1 is 1.50 bits per heavy atom. The van der Waals surface area contributed by atoms with E-state index in [0.717, 1.165) is 5.56 Å². The van der Waals surface area contributed by atoms with Gasteiger partial charge in [-0.05, 0) is 53.4 Å². The molecule has 1 saturated heterocycles. The van der Waals surface area contributed by atoms with Crippen molar-refractivity contribution in [2.75, 3.05) is 25.1 Å². The first kappa shape index (κ1) is 15.4. The average Bonchev–Trinajstić information content (AvgIpc) is 2.45. The second-order valence-electron chi connectivity index (χ2n) is 5.13. The minimum absolute atomic E-state index is 0.159. The molecule has 1 aliphatic heterocycles. The minimum atomic E-state index is -0.617. The van der Waals surface area contributed by atoms with Crippen LogP contribution in [0.5, 0.6) is 0 Å². The predicted molar refractivity (Wildman–Crippen MR) is 79.0 cm³/mol. The normalized spacial score (nSPS) is 17.8. The number of ether oxygens (including phenoxy) is 1. The molecule has 20 heavy (non-hydrogen) atoms. The van der Waals surface area contributed by atoms with Crippen LogP contribution in [0, 0.1) is 18.2 Å². The minimum Gasteiger partial charge on any atom is -0.381 e. The molecular weight excluding hydrogens is 327 g/mol. The molecule has 0 bridgehead atoms. The Kier molecular flexibility index (Phi) is 4.78. The summed E-state index contributed by atoms with van der Waals surface area (Å²) in [6, 6.07) is 2.96. The lowest BCUT2D eigenvalue weighted by molar-refractivity contribution is -0.130. The summed E-state index contributed by atoms with van der Waals surface area (Å²) in [5.41, 5.74) is 6.45. The van der Waals surface area contributed by atoms with Crippen molar-refractivity contribution in [2.24, 2.45) is 11.1 Å². The quantitative estimate of drug-likeness (QED) is 0.885. The number of amides is 1. The number of hydrogen-bond acceptors (Lipinski definition) is 3. The van der Waals surface area contributed by atoms with Gasteiger partial charge in [0.1, 0.15) is 5.82 Å². The van der Waals surface area contributed by atoms with Gasteiger partial charge in [-0.25, -0.2) is 4.39 Å². The van der Waals surface area contributed by atoms with Crippen molar-refractivity contribution in [1.29, 1.82) is 0 Å². The van der Waals surface area contributed by atoms with Crippen molar-refractivity contribution in [2.45, 2.75) is 19.8 Å². The summed E-state index contributed by atoms with van der Waals surface area (Å²) >= 11 is 3.12. The number of carbonyl (C=O) groups excluding carboxylic acids is 1. The van der Waals surface area contributed by atoms with Gasteiger partial charge in [-0.1, -0.05) is 0 Å². The van der Waals surface area contributed by atoms with Crippen LogP contribution in [0.4, 0.5) is 10.1 Å². The molecule has 0 saturated carbocycles. The Morgan fingerprint density at radius 2 is 2.15 bits per heavy atom. The summed E-state index contributed by atoms with van der Waals surface area (Å²) in [4.78, 5) is 12.5. The molecular formula is C14H18BrFN2O2. The first-order valence-corrected chi connectivity index (χ1v) is 7.33. The third-order valence-corrected chi connectivity index (χ3v) is 4.45. The number of nitrogens with one attached hydrogen (secondary N) is 1. The fourth-order valence-electron chi connectivity index (χ4n) is 2.32. The van der Waals surface area contributed by atoms with Gasteiger partial charge in [0.15, 0.2) is 0 Å². The highest BCUT2D eigenvalue weighted by atomic mass is 79.9. The highest BCUT2D eigenvalue weighted by Gasteiger charge is 2.38. The standard InChI is InChI=1S/C14H18BrFN2O2/c1-9-6-10(15)11(16)7-12(9)18-13(19)14(8-17)2-4-20-5-3-14/h6-7H,2-5,8,17H2,1H3,(H,18,19). The van der Waals surface area contributed by atoms with Crippen LogP contribution in [0.25, 0.3) is 0 Å². The van der Waals surface area contributed by atoms with Gasteiger partial charge in [0.25, 0.3) is 0 Å². The van der Waals surface area contributed by atoms with E-state index in [1.54, 1.807) is 6.07 Å². The summed E-state index contributed by atoms with van der Waals surface area (Å²) in [5, 5.41) is 2.80. The maximum Gasteiger partial charge on any atom is 0.232 e. The van der Waals surface area contributed by atoms with Crippen LogP contribution in [0.2, 0.25) is 0 Å². The number of rotatable bonds is 3. The van der Waals surface area contributed by atoms with E-state index in [-0.39, 0.29) is 12.5 Å². The molecule has 6 heteroatoms. The van der Waals surface area contributed by atoms with Crippen molar-refractivity contribution in [1.82, 2.24) is 0 Å². The molecule has 1 heterocycles. The predicted octanol–water partition coefficient (Wildman–Crippen LogP) is 2.59. The third-order valence-electron chi connectivity index (χ3n) is 3.84. The van der Waals surface area contributed by atoms with Gasteiger partial charge < -0.3 is 15.8 Å². The third kappa shape index (κ3) is 3.02. The van der Waals surface area contributed by atoms with Crippen molar-refractivity contribution >= 4 is 27.5 Å². The molecule has 4 nitrogen and oxygen atoms in total. The molecule has 2 rings (SSSR count). The molecule has 1 aliphatic rings. The van der Waals surface area contributed by atoms with Gasteiger partial charge in [0, 0.05) is 25.4 Å². The van der Waals surface area contributed by atoms with E-state index < -0.39 is 11.2 Å². The van der Waals surface area contributed by atoms with Gasteiger partial charge in [0.2, 0.25) is 5.91 Å². The summed E-state index contributed by atoms with van der Waals surface area (Å²) in [6.07, 6.45) is 1.18. The molecule has 0 spiro atoms. The van der Waals surface area contributed by atoms with E-state index in [4.69, 9.17) is 10.5 Å². The topological polar surface area (TPSA) is 64.4 Å². The van der Waals surface area contributed by atoms with E-state index in [1.807, 2.05) is 6.92 Å². The zero-order valence-electron chi connectivity index (χ0n) is 11.3. The number of nitrogens with two attached hydrogens (primary N) is 1. The molecule has 0 aromatic heterocycles. The maximum absolute atomic E-state index is 13.6. The second kappa shape index (κ2) is 6.20. The SMILES string of the molecule is Cc1cc(Br)c(F)cc1NC(=O)C1(CN)CCOCC1. The van der Waals surface area contributed by atoms with Gasteiger partial charge >= 0.3 is 0 Å². The highest BCUT2D eigenvalue weighted by Crippen LogP contribution is 2.32. The van der Waals surface area contributed by atoms with Crippen LogP contribution < -0.4 is 11.1 Å². The first-order chi connectivity index (χ1) is 9.48. The van der Waals surface area contributed by atoms with Crippen LogP contribution in [0.3, 0.4) is 0 Å². The molecule has 0 unspecified atom stereocenters. The Bertz CT molecular complexity index is 516. The Balaban J connectivity index is 2.20. The summed E-state index contributed by atoms with van der Waals surface area (Å²) in [6.45, 7) is 3.13. The Hall–Kier alpha value is -0.980. The second-order valence-corrected chi connectivity index (χ2v) is 5.99. The number of hydrogen-bond donors (Lipinski definition) is 2. The van der Waals surface area contributed by atoms with Crippen LogP contribution in [0.15, 0.2) is 16.6 Å². The smallest absolute Gasteiger partial charge is 0.232 e. The molecule has 0 radical (unpaired) electrons. The first-order valence-electron chi connectivity index (χ1n) is 6.53. The number of halogens is 2. The van der Waals surface area contributed by atoms with Gasteiger partial charge in [-0.2, -0.15) is 0 Å². The lowest BCUT2D eigenvalue weighted by atomic mass is 9.79. The molecule has 110 valence electrons. The van der Waals surface area contributed by atoms with E-state index in [2.05, 4.69) is 21.2 Å². The average molecular weight is 345 g/mol. The number of benzene rings is 1. The lowest BCUT2D eigenvalue weighted by Crippen LogP contribution is -2.46. The summed E-state index contributed by atoms with van der Waals surface area (Å²) < 4.78 is 19.3. The van der Waals surface area contributed by atoms with E-state index in [1.165, 1.54) is 6.07 Å². The maximum atomic E-state index is 13.6. The van der Waals surface area contributed by atoms with E-state index in [0.29, 0.717) is 36.2 Å². The van der Waals surface area contributed by atoms with Gasteiger partial charge in [0.05, 0.1) is 9.89 Å². The molecule has 1 fully saturated rings. The van der Waals surface area contributed by atoms with Gasteiger partial charge in [-0.3, -0.25) is 4.79 Å². The summed E-state index contributed by atoms with van der Waals surface area (Å²) in [5.74, 6) is -0.562. The van der Waals surface area contributed by atoms with Crippen molar-refractivity contribution in [3.05, 3.63) is 28.0 Å². The number of anilines is 1. The molecule has 1 aromatic carbocycles. The van der Waals surface area contributed by atoms with Crippen molar-refractivity contribution in [3.8, 4) is 0 Å². The Morgan fingerprint density at radius 3 is 2.75 bits per heavy atom. The Labute approximate surface area is 126 Å². The van der Waals surface area contributed by atoms with Crippen LogP contribution in [-0.2, 0) is 9.53 Å². The van der Waals surface area contributed by atoms with Gasteiger partial charge in [-0.15, -0.1) is 0 Å². The monoisotopic (exact) mass is 344 g/mol. The fraction of sp³-hybridized carbons (Fsp3) is 0.500. The molecule has 3 N–H and O–H groups in total. The van der Waals surface area contributed by atoms with Crippen molar-refractivity contribution < 1.29 is 13.9 Å². The number of carbonyl (C=O) groups is 1. The van der Waals surface area contributed by atoms with Crippen LogP contribution >= 0.6 is 15.9 Å². The zero-order chi connectivity index (χ0) is 14.8. The molecule has 1 amide bonds. The molecule has 0 aliphatic carbocycles. The summed E-state index contributed by atoms with van der Waals surface area (Å²) in [7, 11) is 0. The fourth-order valence-corrected chi connectivity index (χ4v) is 2.78. The van der Waals surface area contributed by atoms with E-state index in [9.17, 15) is 9.18 Å². The lowest BCUT2D eigenvalue weighted by Gasteiger charge is -2.34. The van der Waals surface area contributed by atoms with Crippen molar-refractivity contribution in [3.63, 3.8) is 0 Å². The highest BCUT2D eigenvalue weighted by molar-refractivity contribution is 9.10. The molecule has 1 aromatic rings. The largest absolute Gasteiger partial charge is 0.381 e. The van der Waals surface area contributed by atoms with Crippen LogP contribution in [0.1, 0.15) is 18.4 Å². The zero-order valence-corrected chi connectivity index (χ0v) is 12.9.